The molecule has 2 aromatic rings. The molecule has 0 heterocycles. The predicted octanol–water partition coefficient (Wildman–Crippen LogP) is 3.24. The Bertz CT molecular complexity index is 590. The summed E-state index contributed by atoms with van der Waals surface area (Å²) in [5.41, 5.74) is 2.54. The third-order valence-electron chi connectivity index (χ3n) is 3.43. The molecule has 0 saturated carbocycles. The minimum Gasteiger partial charge on any atom is -0.497 e. The van der Waals surface area contributed by atoms with Crippen LogP contribution >= 0.6 is 0 Å². The van der Waals surface area contributed by atoms with Crippen LogP contribution < -0.4 is 10.1 Å². The first-order valence-corrected chi connectivity index (χ1v) is 6.79. The molecular weight excluding hydrogens is 266 g/mol. The van der Waals surface area contributed by atoms with E-state index in [4.69, 9.17) is 9.84 Å². The summed E-state index contributed by atoms with van der Waals surface area (Å²) in [6.45, 7) is 2.78. The second-order valence-electron chi connectivity index (χ2n) is 4.88. The topological polar surface area (TPSA) is 58.6 Å². The molecule has 0 aliphatic heterocycles. The molecule has 2 rings (SSSR count). The van der Waals surface area contributed by atoms with Crippen molar-refractivity contribution < 1.29 is 14.6 Å². The number of carboxylic acid groups (broad SMARTS) is 1. The van der Waals surface area contributed by atoms with Gasteiger partial charge in [-0.15, -0.1) is 0 Å². The van der Waals surface area contributed by atoms with Crippen LogP contribution in [0.2, 0.25) is 0 Å². The van der Waals surface area contributed by atoms with E-state index in [0.29, 0.717) is 12.1 Å². The summed E-state index contributed by atoms with van der Waals surface area (Å²) in [5, 5.41) is 12.3. The van der Waals surface area contributed by atoms with Crippen molar-refractivity contribution in [1.29, 1.82) is 0 Å². The van der Waals surface area contributed by atoms with Gasteiger partial charge < -0.3 is 15.2 Å². The van der Waals surface area contributed by atoms with Gasteiger partial charge in [-0.25, -0.2) is 4.79 Å². The lowest BCUT2D eigenvalue weighted by atomic mass is 10.1. The van der Waals surface area contributed by atoms with Crippen LogP contribution in [0.1, 0.15) is 34.5 Å². The Morgan fingerprint density at radius 2 is 1.76 bits per heavy atom. The molecule has 110 valence electrons. The van der Waals surface area contributed by atoms with Gasteiger partial charge in [0.2, 0.25) is 0 Å². The molecule has 2 N–H and O–H groups in total. The second-order valence-corrected chi connectivity index (χ2v) is 4.88. The third kappa shape index (κ3) is 4.07. The lowest BCUT2D eigenvalue weighted by Crippen LogP contribution is -2.18. The van der Waals surface area contributed by atoms with Crippen LogP contribution in [0.15, 0.2) is 48.5 Å². The Balaban J connectivity index is 1.93. The average Bonchev–Trinajstić information content (AvgIpc) is 2.53. The molecule has 1 atom stereocenters. The molecule has 0 aromatic heterocycles. The smallest absolute Gasteiger partial charge is 0.335 e. The third-order valence-corrected chi connectivity index (χ3v) is 3.43. The van der Waals surface area contributed by atoms with Crippen molar-refractivity contribution in [3.05, 3.63) is 65.2 Å². The lowest BCUT2D eigenvalue weighted by molar-refractivity contribution is 0.0697. The molecule has 0 unspecified atom stereocenters. The number of carboxylic acids is 1. The highest BCUT2D eigenvalue weighted by Gasteiger charge is 2.06. The molecule has 4 nitrogen and oxygen atoms in total. The van der Waals surface area contributed by atoms with Gasteiger partial charge in [0.05, 0.1) is 12.7 Å². The first-order chi connectivity index (χ1) is 10.1. The number of hydrogen-bond acceptors (Lipinski definition) is 3. The Morgan fingerprint density at radius 1 is 1.14 bits per heavy atom. The number of aromatic carboxylic acids is 1. The fourth-order valence-corrected chi connectivity index (χ4v) is 2.05. The van der Waals surface area contributed by atoms with E-state index >= 15 is 0 Å². The number of methoxy groups -OCH3 is 1. The summed E-state index contributed by atoms with van der Waals surface area (Å²) >= 11 is 0. The fourth-order valence-electron chi connectivity index (χ4n) is 2.05. The fraction of sp³-hybridized carbons (Fsp3) is 0.235. The molecule has 0 fully saturated rings. The molecular formula is C17H19NO3. The van der Waals surface area contributed by atoms with Crippen molar-refractivity contribution in [2.75, 3.05) is 7.11 Å². The van der Waals surface area contributed by atoms with Gasteiger partial charge in [-0.05, 0) is 42.3 Å². The summed E-state index contributed by atoms with van der Waals surface area (Å²) in [6.07, 6.45) is 0. The Hall–Kier alpha value is -2.33. The van der Waals surface area contributed by atoms with Gasteiger partial charge in [-0.2, -0.15) is 0 Å². The van der Waals surface area contributed by atoms with Gasteiger partial charge in [0.1, 0.15) is 5.75 Å². The molecule has 0 aliphatic carbocycles. The van der Waals surface area contributed by atoms with Crippen molar-refractivity contribution in [2.45, 2.75) is 19.5 Å². The van der Waals surface area contributed by atoms with Gasteiger partial charge in [-0.1, -0.05) is 24.3 Å². The molecule has 0 radical (unpaired) electrons. The van der Waals surface area contributed by atoms with Crippen LogP contribution in [0.5, 0.6) is 5.75 Å². The molecule has 4 heteroatoms. The summed E-state index contributed by atoms with van der Waals surface area (Å²) in [5.74, 6) is -0.0590. The molecule has 0 bridgehead atoms. The second kappa shape index (κ2) is 6.90. The van der Waals surface area contributed by atoms with E-state index in [2.05, 4.69) is 12.2 Å². The van der Waals surface area contributed by atoms with Crippen molar-refractivity contribution in [2.24, 2.45) is 0 Å². The summed E-state index contributed by atoms with van der Waals surface area (Å²) in [6, 6.07) is 15.1. The molecule has 0 spiro atoms. The van der Waals surface area contributed by atoms with Crippen LogP contribution in [0.3, 0.4) is 0 Å². The van der Waals surface area contributed by atoms with Gasteiger partial charge in [0, 0.05) is 12.6 Å². The molecule has 2 aromatic carbocycles. The van der Waals surface area contributed by atoms with Gasteiger partial charge in [0.25, 0.3) is 0 Å². The van der Waals surface area contributed by atoms with Gasteiger partial charge in [-0.3, -0.25) is 0 Å². The monoisotopic (exact) mass is 285 g/mol. The molecule has 0 amide bonds. The predicted molar refractivity (Wildman–Crippen MR) is 81.7 cm³/mol. The zero-order valence-corrected chi connectivity index (χ0v) is 12.2. The van der Waals surface area contributed by atoms with Crippen LogP contribution in [-0.4, -0.2) is 18.2 Å². The first-order valence-electron chi connectivity index (χ1n) is 6.79. The molecule has 0 aliphatic rings. The van der Waals surface area contributed by atoms with E-state index < -0.39 is 5.97 Å². The van der Waals surface area contributed by atoms with E-state index in [1.54, 1.807) is 19.2 Å². The minimum atomic E-state index is -0.902. The van der Waals surface area contributed by atoms with E-state index in [9.17, 15) is 4.79 Å². The van der Waals surface area contributed by atoms with E-state index in [-0.39, 0.29) is 6.04 Å². The zero-order chi connectivity index (χ0) is 15.2. The maximum Gasteiger partial charge on any atom is 0.335 e. The normalized spacial score (nSPS) is 11.9. The van der Waals surface area contributed by atoms with Crippen LogP contribution in [0, 0.1) is 0 Å². The SMILES string of the molecule is COc1ccc([C@H](C)NCc2ccc(C(=O)O)cc2)cc1. The van der Waals surface area contributed by atoms with E-state index in [1.807, 2.05) is 36.4 Å². The average molecular weight is 285 g/mol. The highest BCUT2D eigenvalue weighted by Crippen LogP contribution is 2.17. The Morgan fingerprint density at radius 3 is 2.29 bits per heavy atom. The number of rotatable bonds is 6. The number of hydrogen-bond donors (Lipinski definition) is 2. The standard InChI is InChI=1S/C17H19NO3/c1-12(14-7-9-16(21-2)10-8-14)18-11-13-3-5-15(6-4-13)17(19)20/h3-10,12,18H,11H2,1-2H3,(H,19,20)/t12-/m0/s1. The van der Waals surface area contributed by atoms with E-state index in [1.165, 1.54) is 5.56 Å². The minimum absolute atomic E-state index is 0.204. The lowest BCUT2D eigenvalue weighted by Gasteiger charge is -2.15. The highest BCUT2D eigenvalue weighted by molar-refractivity contribution is 5.87. The van der Waals surface area contributed by atoms with Crippen LogP contribution in [-0.2, 0) is 6.54 Å². The van der Waals surface area contributed by atoms with Crippen LogP contribution in [0.25, 0.3) is 0 Å². The summed E-state index contributed by atoms with van der Waals surface area (Å²) in [7, 11) is 1.65. The zero-order valence-electron chi connectivity index (χ0n) is 12.2. The van der Waals surface area contributed by atoms with Crippen LogP contribution in [0.4, 0.5) is 0 Å². The van der Waals surface area contributed by atoms with Gasteiger partial charge in [0.15, 0.2) is 0 Å². The van der Waals surface area contributed by atoms with Crippen molar-refractivity contribution in [3.63, 3.8) is 0 Å². The quantitative estimate of drug-likeness (QED) is 0.855. The van der Waals surface area contributed by atoms with Gasteiger partial charge >= 0.3 is 5.97 Å². The number of nitrogens with one attached hydrogen (secondary N) is 1. The molecule has 21 heavy (non-hydrogen) atoms. The maximum atomic E-state index is 10.8. The van der Waals surface area contributed by atoms with E-state index in [0.717, 1.165) is 11.3 Å². The number of carbonyl (C=O) groups is 1. The largest absolute Gasteiger partial charge is 0.497 e. The number of ether oxygens (including phenoxy) is 1. The van der Waals surface area contributed by atoms with Crippen molar-refractivity contribution in [3.8, 4) is 5.75 Å². The summed E-state index contributed by atoms with van der Waals surface area (Å²) < 4.78 is 5.14. The Kier molecular flexibility index (Phi) is 4.95. The van der Waals surface area contributed by atoms with Crippen molar-refractivity contribution >= 4 is 5.97 Å². The van der Waals surface area contributed by atoms with Crippen molar-refractivity contribution in [1.82, 2.24) is 5.32 Å². The first kappa shape index (κ1) is 15.1. The molecule has 0 saturated heterocycles. The number of benzene rings is 2. The maximum absolute atomic E-state index is 10.8. The summed E-state index contributed by atoms with van der Waals surface area (Å²) in [4.78, 5) is 10.8. The Labute approximate surface area is 124 Å². The highest BCUT2D eigenvalue weighted by atomic mass is 16.5.